The van der Waals surface area contributed by atoms with Crippen LogP contribution in [0.15, 0.2) is 29.4 Å². The summed E-state index contributed by atoms with van der Waals surface area (Å²) in [5, 5.41) is 8.04. The lowest BCUT2D eigenvalue weighted by Crippen LogP contribution is -2.17. The van der Waals surface area contributed by atoms with Crippen molar-refractivity contribution in [2.45, 2.75) is 38.8 Å². The first-order valence-corrected chi connectivity index (χ1v) is 9.40. The van der Waals surface area contributed by atoms with Crippen molar-refractivity contribution in [1.82, 2.24) is 19.6 Å². The summed E-state index contributed by atoms with van der Waals surface area (Å²) in [6.45, 7) is 5.95. The van der Waals surface area contributed by atoms with Crippen molar-refractivity contribution in [2.24, 2.45) is 0 Å². The minimum Gasteiger partial charge on any atom is -0.326 e. The van der Waals surface area contributed by atoms with E-state index in [2.05, 4.69) is 27.3 Å². The fourth-order valence-corrected chi connectivity index (χ4v) is 3.06. The van der Waals surface area contributed by atoms with E-state index in [0.29, 0.717) is 10.9 Å². The number of hydrogen-bond acceptors (Lipinski definition) is 5. The van der Waals surface area contributed by atoms with E-state index in [9.17, 15) is 4.79 Å². The summed E-state index contributed by atoms with van der Waals surface area (Å²) < 4.78 is 1.71. The molecule has 0 saturated carbocycles. The van der Waals surface area contributed by atoms with E-state index in [1.165, 1.54) is 17.3 Å². The molecule has 0 spiro atoms. The van der Waals surface area contributed by atoms with Gasteiger partial charge >= 0.3 is 0 Å². The van der Waals surface area contributed by atoms with Gasteiger partial charge in [-0.25, -0.2) is 9.50 Å². The van der Waals surface area contributed by atoms with Gasteiger partial charge in [-0.2, -0.15) is 4.98 Å². The highest BCUT2D eigenvalue weighted by molar-refractivity contribution is 7.98. The zero-order valence-corrected chi connectivity index (χ0v) is 15.6. The third kappa shape index (κ3) is 3.66. The molecule has 1 N–H and O–H groups in total. The Morgan fingerprint density at radius 1 is 1.20 bits per heavy atom. The van der Waals surface area contributed by atoms with Crippen molar-refractivity contribution in [3.8, 4) is 0 Å². The number of aryl methyl sites for hydroxylation is 3. The maximum Gasteiger partial charge on any atom is 0.253 e. The third-order valence-corrected chi connectivity index (χ3v) is 4.73. The second-order valence-corrected chi connectivity index (χ2v) is 6.62. The highest BCUT2D eigenvalue weighted by Gasteiger charge is 2.16. The van der Waals surface area contributed by atoms with Crippen LogP contribution in [-0.4, -0.2) is 31.7 Å². The topological polar surface area (TPSA) is 72.2 Å². The molecule has 7 heteroatoms. The summed E-state index contributed by atoms with van der Waals surface area (Å²) in [5.74, 6) is 0.500. The molecule has 0 aliphatic rings. The van der Waals surface area contributed by atoms with Crippen LogP contribution in [0.3, 0.4) is 0 Å². The second kappa shape index (κ2) is 7.23. The molecular weight excluding hydrogens is 334 g/mol. The maximum absolute atomic E-state index is 12.4. The molecule has 0 radical (unpaired) electrons. The molecule has 1 aromatic carbocycles. The van der Waals surface area contributed by atoms with Gasteiger partial charge in [0.25, 0.3) is 5.78 Å². The average molecular weight is 355 g/mol. The van der Waals surface area contributed by atoms with Gasteiger partial charge in [0.05, 0.1) is 6.42 Å². The number of thioether (sulfide) groups is 1. The Labute approximate surface area is 151 Å². The van der Waals surface area contributed by atoms with Crippen molar-refractivity contribution < 1.29 is 4.79 Å². The lowest BCUT2D eigenvalue weighted by Gasteiger charge is -2.11. The van der Waals surface area contributed by atoms with E-state index in [-0.39, 0.29) is 12.3 Å². The lowest BCUT2D eigenvalue weighted by molar-refractivity contribution is -0.115. The molecule has 0 atom stereocenters. The number of fused-ring (bicyclic) bond motifs is 1. The van der Waals surface area contributed by atoms with Crippen LogP contribution in [0, 0.1) is 13.8 Å². The molecule has 3 rings (SSSR count). The average Bonchev–Trinajstić information content (AvgIpc) is 3.02. The van der Waals surface area contributed by atoms with Crippen LogP contribution in [0.1, 0.15) is 29.4 Å². The quantitative estimate of drug-likeness (QED) is 0.712. The van der Waals surface area contributed by atoms with E-state index in [4.69, 9.17) is 0 Å². The van der Waals surface area contributed by atoms with Gasteiger partial charge in [-0.05, 0) is 44.2 Å². The number of amides is 1. The van der Waals surface area contributed by atoms with Gasteiger partial charge in [-0.1, -0.05) is 30.8 Å². The highest BCUT2D eigenvalue weighted by atomic mass is 32.2. The maximum atomic E-state index is 12.4. The number of benzene rings is 1. The first-order chi connectivity index (χ1) is 12.0. The molecule has 0 saturated heterocycles. The van der Waals surface area contributed by atoms with Crippen LogP contribution >= 0.6 is 11.8 Å². The summed E-state index contributed by atoms with van der Waals surface area (Å²) in [4.78, 5) is 21.3. The minimum atomic E-state index is -0.0678. The van der Waals surface area contributed by atoms with Gasteiger partial charge < -0.3 is 5.32 Å². The lowest BCUT2D eigenvalue weighted by atomic mass is 10.1. The summed E-state index contributed by atoms with van der Waals surface area (Å²) in [7, 11) is 0. The van der Waals surface area contributed by atoms with Crippen molar-refractivity contribution in [2.75, 3.05) is 11.6 Å². The minimum absolute atomic E-state index is 0.0678. The smallest absolute Gasteiger partial charge is 0.253 e. The third-order valence-electron chi connectivity index (χ3n) is 4.20. The zero-order valence-electron chi connectivity index (χ0n) is 14.8. The number of carbonyl (C=O) groups excluding carboxylic acids is 1. The van der Waals surface area contributed by atoms with Gasteiger partial charge in [-0.15, -0.1) is 5.10 Å². The van der Waals surface area contributed by atoms with Crippen LogP contribution < -0.4 is 5.32 Å². The van der Waals surface area contributed by atoms with Crippen molar-refractivity contribution in [3.05, 3.63) is 46.8 Å². The largest absolute Gasteiger partial charge is 0.326 e. The molecule has 3 aromatic rings. The summed E-state index contributed by atoms with van der Waals surface area (Å²) >= 11 is 1.47. The first kappa shape index (κ1) is 17.4. The van der Waals surface area contributed by atoms with Gasteiger partial charge in [-0.3, -0.25) is 4.79 Å². The molecule has 6 nitrogen and oxygen atoms in total. The van der Waals surface area contributed by atoms with Crippen molar-refractivity contribution in [3.63, 3.8) is 0 Å². The van der Waals surface area contributed by atoms with E-state index in [0.717, 1.165) is 29.1 Å². The van der Waals surface area contributed by atoms with E-state index < -0.39 is 0 Å². The summed E-state index contributed by atoms with van der Waals surface area (Å²) in [6, 6.07) is 7.91. The van der Waals surface area contributed by atoms with Gasteiger partial charge in [0.15, 0.2) is 0 Å². The normalized spacial score (nSPS) is 11.0. The monoisotopic (exact) mass is 355 g/mol. The predicted octanol–water partition coefficient (Wildman–Crippen LogP) is 3.21. The summed E-state index contributed by atoms with van der Waals surface area (Å²) in [5.41, 5.74) is 4.63. The molecule has 1 amide bonds. The molecular formula is C18H21N5OS. The molecule has 0 unspecified atom stereocenters. The predicted molar refractivity (Wildman–Crippen MR) is 100 cm³/mol. The number of carbonyl (C=O) groups is 1. The molecule has 0 bridgehead atoms. The number of nitrogens with one attached hydrogen (secondary N) is 1. The van der Waals surface area contributed by atoms with Crippen LogP contribution in [0.25, 0.3) is 5.78 Å². The van der Waals surface area contributed by atoms with Crippen LogP contribution in [0.5, 0.6) is 0 Å². The van der Waals surface area contributed by atoms with Crippen LogP contribution in [0.2, 0.25) is 0 Å². The number of hydrogen-bond donors (Lipinski definition) is 1. The Morgan fingerprint density at radius 2 is 1.92 bits per heavy atom. The van der Waals surface area contributed by atoms with Gasteiger partial charge in [0, 0.05) is 22.6 Å². The van der Waals surface area contributed by atoms with E-state index >= 15 is 0 Å². The molecule has 2 heterocycles. The SMILES string of the molecule is CCc1ccc(NC(=O)Cc2c(C)nc3nc(SC)nn3c2C)cc1. The van der Waals surface area contributed by atoms with E-state index in [1.54, 1.807) is 4.52 Å². The molecule has 2 aromatic heterocycles. The fraction of sp³-hybridized carbons (Fsp3) is 0.333. The van der Waals surface area contributed by atoms with Crippen LogP contribution in [-0.2, 0) is 17.6 Å². The van der Waals surface area contributed by atoms with Crippen LogP contribution in [0.4, 0.5) is 5.69 Å². The van der Waals surface area contributed by atoms with Gasteiger partial charge in [0.2, 0.25) is 11.1 Å². The first-order valence-electron chi connectivity index (χ1n) is 8.17. The highest BCUT2D eigenvalue weighted by Crippen LogP contribution is 2.18. The molecule has 0 aliphatic heterocycles. The Balaban J connectivity index is 1.82. The number of nitrogens with zero attached hydrogens (tertiary/aromatic N) is 4. The standard InChI is InChI=1S/C18H21N5OS/c1-5-13-6-8-14(9-7-13)20-16(24)10-15-11(2)19-17-21-18(25-4)22-23(17)12(15)3/h6-9H,5,10H2,1-4H3,(H,20,24). The Bertz CT molecular complexity index is 917. The van der Waals surface area contributed by atoms with Gasteiger partial charge in [0.1, 0.15) is 0 Å². The number of rotatable bonds is 5. The van der Waals surface area contributed by atoms with Crippen molar-refractivity contribution in [1.29, 1.82) is 0 Å². The zero-order chi connectivity index (χ0) is 18.0. The second-order valence-electron chi connectivity index (χ2n) is 5.85. The molecule has 0 fully saturated rings. The molecule has 25 heavy (non-hydrogen) atoms. The Morgan fingerprint density at radius 3 is 2.56 bits per heavy atom. The summed E-state index contributed by atoms with van der Waals surface area (Å²) in [6.07, 6.45) is 3.16. The van der Waals surface area contributed by atoms with Crippen molar-refractivity contribution >= 4 is 29.1 Å². The Hall–Kier alpha value is -2.41. The molecule has 130 valence electrons. The number of anilines is 1. The van der Waals surface area contributed by atoms with E-state index in [1.807, 2.05) is 44.4 Å². The number of aromatic nitrogens is 4. The fourth-order valence-electron chi connectivity index (χ4n) is 2.72. The Kier molecular flexibility index (Phi) is 5.03. The molecule has 0 aliphatic carbocycles.